The Balaban J connectivity index is 2.18. The lowest BCUT2D eigenvalue weighted by atomic mass is 9.93. The Morgan fingerprint density at radius 3 is 2.26 bits per heavy atom. The predicted molar refractivity (Wildman–Crippen MR) is 114 cm³/mol. The van der Waals surface area contributed by atoms with Gasteiger partial charge in [-0.2, -0.15) is 0 Å². The highest BCUT2D eigenvalue weighted by Crippen LogP contribution is 2.42. The van der Waals surface area contributed by atoms with E-state index in [2.05, 4.69) is 47.5 Å². The number of nitrogens with one attached hydrogen (secondary N) is 1. The monoisotopic (exact) mass is 497 g/mol. The van der Waals surface area contributed by atoms with Gasteiger partial charge in [0.2, 0.25) is 0 Å². The maximum atomic E-state index is 11.0. The number of hydrogen-bond donors (Lipinski definition) is 4. The van der Waals surface area contributed by atoms with Crippen LogP contribution in [0.5, 0.6) is 0 Å². The second kappa shape index (κ2) is 7.38. The van der Waals surface area contributed by atoms with Crippen molar-refractivity contribution >= 4 is 54.3 Å². The lowest BCUT2D eigenvalue weighted by Gasteiger charge is -2.24. The van der Waals surface area contributed by atoms with Gasteiger partial charge in [-0.25, -0.2) is 4.68 Å². The number of nitrogens with zero attached hydrogens (tertiary/aromatic N) is 3. The van der Waals surface area contributed by atoms with Crippen molar-refractivity contribution in [3.8, 4) is 0 Å². The fraction of sp³-hybridized carbons (Fsp3) is 0.333. The molecule has 144 valence electrons. The lowest BCUT2D eigenvalue weighted by molar-refractivity contribution is 0.0183. The molecule has 0 amide bonds. The Hall–Kier alpha value is -1.68. The second-order valence-electron chi connectivity index (χ2n) is 6.48. The molecule has 0 aliphatic carbocycles. The third-order valence-corrected chi connectivity index (χ3v) is 6.53. The fourth-order valence-electron chi connectivity index (χ4n) is 3.23. The first-order valence-corrected chi connectivity index (χ1v) is 9.88. The summed E-state index contributed by atoms with van der Waals surface area (Å²) in [5.41, 5.74) is 11.5. The van der Waals surface area contributed by atoms with Crippen molar-refractivity contribution in [1.29, 1.82) is 0 Å². The Morgan fingerprint density at radius 1 is 1.07 bits per heavy atom. The van der Waals surface area contributed by atoms with Crippen LogP contribution in [0, 0.1) is 13.8 Å². The summed E-state index contributed by atoms with van der Waals surface area (Å²) in [6, 6.07) is 3.56. The quantitative estimate of drug-likeness (QED) is 0.410. The van der Waals surface area contributed by atoms with Gasteiger partial charge in [0.1, 0.15) is 17.7 Å². The van der Waals surface area contributed by atoms with Crippen molar-refractivity contribution in [1.82, 2.24) is 15.0 Å². The number of aromatic nitrogens is 3. The third-order valence-electron chi connectivity index (χ3n) is 4.88. The minimum atomic E-state index is -1.21. The molecule has 2 aromatic carbocycles. The highest BCUT2D eigenvalue weighted by atomic mass is 79.9. The van der Waals surface area contributed by atoms with Crippen LogP contribution in [0.4, 0.5) is 11.4 Å². The Morgan fingerprint density at radius 2 is 1.63 bits per heavy atom. The molecule has 0 saturated carbocycles. The third kappa shape index (κ3) is 3.22. The zero-order chi connectivity index (χ0) is 20.0. The van der Waals surface area contributed by atoms with E-state index in [1.165, 1.54) is 0 Å². The van der Waals surface area contributed by atoms with Crippen molar-refractivity contribution in [3.05, 3.63) is 43.3 Å². The molecule has 1 heterocycles. The summed E-state index contributed by atoms with van der Waals surface area (Å²) >= 11 is 6.97. The molecule has 0 bridgehead atoms. The molecule has 0 aliphatic heterocycles. The number of fused-ring (bicyclic) bond motifs is 1. The van der Waals surface area contributed by atoms with Crippen molar-refractivity contribution in [2.75, 3.05) is 18.1 Å². The smallest absolute Gasteiger partial charge is 0.117 e. The number of aliphatic hydroxyl groups is 2. The van der Waals surface area contributed by atoms with Gasteiger partial charge >= 0.3 is 0 Å². The van der Waals surface area contributed by atoms with Crippen molar-refractivity contribution in [2.45, 2.75) is 26.1 Å². The normalized spacial score (nSPS) is 13.8. The minimum Gasteiger partial charge on any atom is -0.397 e. The first-order chi connectivity index (χ1) is 12.7. The molecule has 5 N–H and O–H groups in total. The van der Waals surface area contributed by atoms with Crippen molar-refractivity contribution in [3.63, 3.8) is 0 Å². The number of hydrogen-bond acceptors (Lipinski definition) is 6. The van der Waals surface area contributed by atoms with Crippen LogP contribution in [0.1, 0.15) is 34.5 Å². The Labute approximate surface area is 173 Å². The zero-order valence-electron chi connectivity index (χ0n) is 15.4. The Kier molecular flexibility index (Phi) is 5.49. The van der Waals surface area contributed by atoms with E-state index in [0.717, 1.165) is 20.1 Å². The first kappa shape index (κ1) is 20.1. The predicted octanol–water partition coefficient (Wildman–Crippen LogP) is 3.50. The molecule has 9 heteroatoms. The summed E-state index contributed by atoms with van der Waals surface area (Å²) in [4.78, 5) is 0. The van der Waals surface area contributed by atoms with Crippen LogP contribution in [-0.2, 0) is 7.05 Å². The van der Waals surface area contributed by atoms with Crippen molar-refractivity contribution < 1.29 is 10.2 Å². The lowest BCUT2D eigenvalue weighted by Crippen LogP contribution is -2.15. The SMILES string of the molecule is CNc1c(C(O)C(O)c2cc(Br)c(C)c3nnn(C)c23)cc(Br)c(C)c1N. The molecule has 0 fully saturated rings. The summed E-state index contributed by atoms with van der Waals surface area (Å²) in [6.45, 7) is 3.80. The molecular weight excluding hydrogens is 478 g/mol. The number of halogens is 2. The van der Waals surface area contributed by atoms with Crippen LogP contribution < -0.4 is 11.1 Å². The number of nitrogen functional groups attached to an aromatic ring is 1. The van der Waals surface area contributed by atoms with Gasteiger partial charge in [-0.3, -0.25) is 0 Å². The van der Waals surface area contributed by atoms with Crippen molar-refractivity contribution in [2.24, 2.45) is 7.05 Å². The van der Waals surface area contributed by atoms with Gasteiger partial charge in [-0.05, 0) is 37.1 Å². The molecule has 2 unspecified atom stereocenters. The molecule has 27 heavy (non-hydrogen) atoms. The minimum absolute atomic E-state index is 0.500. The van der Waals surface area contributed by atoms with Gasteiger partial charge in [-0.15, -0.1) is 5.10 Å². The van der Waals surface area contributed by atoms with Crippen LogP contribution in [0.2, 0.25) is 0 Å². The van der Waals surface area contributed by atoms with Gasteiger partial charge < -0.3 is 21.3 Å². The molecule has 0 aliphatic rings. The summed E-state index contributed by atoms with van der Waals surface area (Å²) in [7, 11) is 3.48. The van der Waals surface area contributed by atoms with Crippen LogP contribution in [0.15, 0.2) is 21.1 Å². The van der Waals surface area contributed by atoms with Gasteiger partial charge in [0, 0.05) is 34.2 Å². The maximum absolute atomic E-state index is 11.0. The van der Waals surface area contributed by atoms with Gasteiger partial charge in [-0.1, -0.05) is 37.1 Å². The largest absolute Gasteiger partial charge is 0.397 e. The van der Waals surface area contributed by atoms with Gasteiger partial charge in [0.25, 0.3) is 0 Å². The van der Waals surface area contributed by atoms with Crippen LogP contribution in [0.3, 0.4) is 0 Å². The number of aliphatic hydroxyl groups excluding tert-OH is 2. The van der Waals surface area contributed by atoms with E-state index in [9.17, 15) is 10.2 Å². The number of rotatable bonds is 4. The molecule has 0 saturated heterocycles. The second-order valence-corrected chi connectivity index (χ2v) is 8.19. The Bertz CT molecular complexity index is 1030. The zero-order valence-corrected chi connectivity index (χ0v) is 18.6. The summed E-state index contributed by atoms with van der Waals surface area (Å²) in [6.07, 6.45) is -2.41. The molecule has 2 atom stereocenters. The van der Waals surface area contributed by atoms with E-state index in [1.54, 1.807) is 30.9 Å². The number of benzene rings is 2. The van der Waals surface area contributed by atoms with E-state index in [4.69, 9.17) is 5.73 Å². The number of aryl methyl sites for hydroxylation is 2. The first-order valence-electron chi connectivity index (χ1n) is 8.29. The number of nitrogens with two attached hydrogens (primary N) is 1. The van der Waals surface area contributed by atoms with Crippen LogP contribution in [-0.4, -0.2) is 32.3 Å². The average Bonchev–Trinajstić information content (AvgIpc) is 3.03. The van der Waals surface area contributed by atoms with E-state index in [0.29, 0.717) is 33.5 Å². The molecule has 3 rings (SSSR count). The maximum Gasteiger partial charge on any atom is 0.117 e. The van der Waals surface area contributed by atoms with Crippen LogP contribution >= 0.6 is 31.9 Å². The van der Waals surface area contributed by atoms with E-state index < -0.39 is 12.2 Å². The standard InChI is InChI=1S/C18H21Br2N5O2/c1-7-11(19)5-9(15(22-3)13(7)21)17(26)18(27)10-6-12(20)8(2)14-16(10)25(4)24-23-14/h5-6,17-18,22,26-27H,21H2,1-4H3. The number of anilines is 2. The van der Waals surface area contributed by atoms with E-state index in [1.807, 2.05) is 13.8 Å². The highest BCUT2D eigenvalue weighted by Gasteiger charge is 2.28. The summed E-state index contributed by atoms with van der Waals surface area (Å²) in [5, 5.41) is 33.3. The summed E-state index contributed by atoms with van der Waals surface area (Å²) < 4.78 is 3.14. The molecule has 7 nitrogen and oxygen atoms in total. The molecule has 1 aromatic heterocycles. The topological polar surface area (TPSA) is 109 Å². The summed E-state index contributed by atoms with van der Waals surface area (Å²) in [5.74, 6) is 0. The van der Waals surface area contributed by atoms with Gasteiger partial charge in [0.15, 0.2) is 0 Å². The van der Waals surface area contributed by atoms with E-state index >= 15 is 0 Å². The molecule has 0 spiro atoms. The fourth-order valence-corrected chi connectivity index (χ4v) is 4.12. The highest BCUT2D eigenvalue weighted by molar-refractivity contribution is 9.10. The molecule has 0 radical (unpaired) electrons. The van der Waals surface area contributed by atoms with Crippen LogP contribution in [0.25, 0.3) is 11.0 Å². The van der Waals surface area contributed by atoms with E-state index in [-0.39, 0.29) is 0 Å². The molecular formula is C18H21Br2N5O2. The average molecular weight is 499 g/mol. The van der Waals surface area contributed by atoms with Gasteiger partial charge in [0.05, 0.1) is 16.9 Å². The molecule has 3 aromatic rings.